The van der Waals surface area contributed by atoms with Gasteiger partial charge in [0.05, 0.1) is 7.11 Å². The highest BCUT2D eigenvalue weighted by atomic mass is 16.5. The SMILES string of the molecule is COc1cccc(N(CCN)C2CCCC2)n1. The third-order valence-electron chi connectivity index (χ3n) is 3.35. The van der Waals surface area contributed by atoms with Crippen molar-refractivity contribution in [3.05, 3.63) is 18.2 Å². The van der Waals surface area contributed by atoms with Crippen LogP contribution in [0.5, 0.6) is 5.88 Å². The van der Waals surface area contributed by atoms with E-state index in [1.807, 2.05) is 18.2 Å². The number of anilines is 1. The van der Waals surface area contributed by atoms with Crippen LogP contribution in [0, 0.1) is 0 Å². The van der Waals surface area contributed by atoms with Crippen molar-refractivity contribution in [2.75, 3.05) is 25.1 Å². The molecule has 1 aromatic heterocycles. The smallest absolute Gasteiger partial charge is 0.214 e. The maximum Gasteiger partial charge on any atom is 0.214 e. The van der Waals surface area contributed by atoms with Gasteiger partial charge in [0.25, 0.3) is 0 Å². The summed E-state index contributed by atoms with van der Waals surface area (Å²) in [6, 6.07) is 6.49. The normalized spacial score (nSPS) is 16.1. The van der Waals surface area contributed by atoms with Gasteiger partial charge in [-0.3, -0.25) is 0 Å². The summed E-state index contributed by atoms with van der Waals surface area (Å²) >= 11 is 0. The highest BCUT2D eigenvalue weighted by Gasteiger charge is 2.23. The van der Waals surface area contributed by atoms with E-state index in [2.05, 4.69) is 9.88 Å². The maximum atomic E-state index is 5.70. The van der Waals surface area contributed by atoms with E-state index in [-0.39, 0.29) is 0 Å². The molecule has 0 amide bonds. The first-order chi connectivity index (χ1) is 8.35. The Balaban J connectivity index is 2.18. The number of nitrogens with two attached hydrogens (primary N) is 1. The average Bonchev–Trinajstić information content (AvgIpc) is 2.89. The lowest BCUT2D eigenvalue weighted by Crippen LogP contribution is -2.37. The number of rotatable bonds is 5. The van der Waals surface area contributed by atoms with Crippen LogP contribution >= 0.6 is 0 Å². The number of ether oxygens (including phenoxy) is 1. The van der Waals surface area contributed by atoms with Gasteiger partial charge in [-0.2, -0.15) is 4.98 Å². The van der Waals surface area contributed by atoms with E-state index >= 15 is 0 Å². The molecule has 1 fully saturated rings. The van der Waals surface area contributed by atoms with Crippen LogP contribution in [0.2, 0.25) is 0 Å². The van der Waals surface area contributed by atoms with E-state index < -0.39 is 0 Å². The van der Waals surface area contributed by atoms with Crippen LogP contribution in [0.1, 0.15) is 25.7 Å². The van der Waals surface area contributed by atoms with Crippen molar-refractivity contribution in [1.29, 1.82) is 0 Å². The molecule has 4 heteroatoms. The van der Waals surface area contributed by atoms with Crippen LogP contribution in [-0.4, -0.2) is 31.2 Å². The number of hydrogen-bond donors (Lipinski definition) is 1. The molecule has 1 heterocycles. The molecule has 0 aliphatic heterocycles. The average molecular weight is 235 g/mol. The summed E-state index contributed by atoms with van der Waals surface area (Å²) in [5, 5.41) is 0. The lowest BCUT2D eigenvalue weighted by atomic mass is 10.2. The Hall–Kier alpha value is -1.29. The van der Waals surface area contributed by atoms with Crippen LogP contribution in [0.25, 0.3) is 0 Å². The Morgan fingerprint density at radius 2 is 2.18 bits per heavy atom. The fraction of sp³-hybridized carbons (Fsp3) is 0.615. The van der Waals surface area contributed by atoms with Gasteiger partial charge in [-0.25, -0.2) is 0 Å². The molecule has 0 spiro atoms. The van der Waals surface area contributed by atoms with Gasteiger partial charge in [0.15, 0.2) is 0 Å². The second-order valence-electron chi connectivity index (χ2n) is 4.46. The molecule has 0 atom stereocenters. The van der Waals surface area contributed by atoms with Crippen molar-refractivity contribution in [1.82, 2.24) is 4.98 Å². The first-order valence-electron chi connectivity index (χ1n) is 6.33. The van der Waals surface area contributed by atoms with Gasteiger partial charge >= 0.3 is 0 Å². The summed E-state index contributed by atoms with van der Waals surface area (Å²) in [4.78, 5) is 6.83. The molecule has 94 valence electrons. The largest absolute Gasteiger partial charge is 0.481 e. The van der Waals surface area contributed by atoms with Crippen LogP contribution in [0.3, 0.4) is 0 Å². The number of methoxy groups -OCH3 is 1. The molecule has 0 unspecified atom stereocenters. The standard InChI is InChI=1S/C13H21N3O/c1-17-13-8-4-7-12(15-13)16(10-9-14)11-5-2-3-6-11/h4,7-8,11H,2-3,5-6,9-10,14H2,1H3. The quantitative estimate of drug-likeness (QED) is 0.845. The van der Waals surface area contributed by atoms with Gasteiger partial charge in [-0.05, 0) is 18.9 Å². The van der Waals surface area contributed by atoms with Crippen molar-refractivity contribution in [2.45, 2.75) is 31.7 Å². The van der Waals surface area contributed by atoms with E-state index in [1.165, 1.54) is 25.7 Å². The van der Waals surface area contributed by atoms with Crippen LogP contribution < -0.4 is 15.4 Å². The minimum Gasteiger partial charge on any atom is -0.481 e. The summed E-state index contributed by atoms with van der Waals surface area (Å²) in [6.07, 6.45) is 5.13. The Morgan fingerprint density at radius 3 is 2.82 bits per heavy atom. The molecule has 1 aromatic rings. The summed E-state index contributed by atoms with van der Waals surface area (Å²) in [6.45, 7) is 1.53. The fourth-order valence-electron chi connectivity index (χ4n) is 2.52. The molecule has 0 saturated heterocycles. The van der Waals surface area contributed by atoms with Gasteiger partial charge < -0.3 is 15.4 Å². The lowest BCUT2D eigenvalue weighted by Gasteiger charge is -2.29. The third-order valence-corrected chi connectivity index (χ3v) is 3.35. The Kier molecular flexibility index (Phi) is 4.20. The van der Waals surface area contributed by atoms with Crippen molar-refractivity contribution in [2.24, 2.45) is 5.73 Å². The molecule has 0 radical (unpaired) electrons. The molecule has 1 saturated carbocycles. The number of nitrogens with zero attached hydrogens (tertiary/aromatic N) is 2. The molecule has 2 rings (SSSR count). The Morgan fingerprint density at radius 1 is 1.41 bits per heavy atom. The van der Waals surface area contributed by atoms with Crippen molar-refractivity contribution in [3.8, 4) is 5.88 Å². The van der Waals surface area contributed by atoms with E-state index in [0.717, 1.165) is 12.4 Å². The van der Waals surface area contributed by atoms with Crippen LogP contribution in [0.15, 0.2) is 18.2 Å². The monoisotopic (exact) mass is 235 g/mol. The predicted octanol–water partition coefficient (Wildman–Crippen LogP) is 1.80. The Bertz CT molecular complexity index is 350. The fourth-order valence-corrected chi connectivity index (χ4v) is 2.52. The Labute approximate surface area is 103 Å². The van der Waals surface area contributed by atoms with Crippen LogP contribution in [-0.2, 0) is 0 Å². The molecule has 0 aromatic carbocycles. The van der Waals surface area contributed by atoms with E-state index in [1.54, 1.807) is 7.11 Å². The first-order valence-corrected chi connectivity index (χ1v) is 6.33. The molecule has 17 heavy (non-hydrogen) atoms. The van der Waals surface area contributed by atoms with Gasteiger partial charge in [0.2, 0.25) is 5.88 Å². The second-order valence-corrected chi connectivity index (χ2v) is 4.46. The molecule has 0 bridgehead atoms. The van der Waals surface area contributed by atoms with E-state index in [0.29, 0.717) is 18.5 Å². The molecule has 1 aliphatic carbocycles. The maximum absolute atomic E-state index is 5.70. The van der Waals surface area contributed by atoms with E-state index in [4.69, 9.17) is 10.5 Å². The van der Waals surface area contributed by atoms with Gasteiger partial charge in [-0.15, -0.1) is 0 Å². The summed E-state index contributed by atoms with van der Waals surface area (Å²) in [5.74, 6) is 1.66. The van der Waals surface area contributed by atoms with Crippen molar-refractivity contribution >= 4 is 5.82 Å². The number of pyridine rings is 1. The second kappa shape index (κ2) is 5.87. The minimum absolute atomic E-state index is 0.596. The summed E-state index contributed by atoms with van der Waals surface area (Å²) in [5.41, 5.74) is 5.70. The molecule has 1 aliphatic rings. The highest BCUT2D eigenvalue weighted by molar-refractivity contribution is 5.42. The van der Waals surface area contributed by atoms with Crippen LogP contribution in [0.4, 0.5) is 5.82 Å². The lowest BCUT2D eigenvalue weighted by molar-refractivity contribution is 0.397. The number of aromatic nitrogens is 1. The van der Waals surface area contributed by atoms with E-state index in [9.17, 15) is 0 Å². The van der Waals surface area contributed by atoms with Crippen molar-refractivity contribution < 1.29 is 4.74 Å². The van der Waals surface area contributed by atoms with Gasteiger partial charge in [0.1, 0.15) is 5.82 Å². The number of hydrogen-bond acceptors (Lipinski definition) is 4. The summed E-state index contributed by atoms with van der Waals surface area (Å²) < 4.78 is 5.18. The predicted molar refractivity (Wildman–Crippen MR) is 69.4 cm³/mol. The third kappa shape index (κ3) is 2.88. The zero-order valence-electron chi connectivity index (χ0n) is 10.4. The first kappa shape index (κ1) is 12.2. The molecule has 2 N–H and O–H groups in total. The molecular formula is C13H21N3O. The minimum atomic E-state index is 0.596. The summed E-state index contributed by atoms with van der Waals surface area (Å²) in [7, 11) is 1.65. The van der Waals surface area contributed by atoms with Gasteiger partial charge in [-0.1, -0.05) is 18.9 Å². The molecule has 4 nitrogen and oxygen atoms in total. The highest BCUT2D eigenvalue weighted by Crippen LogP contribution is 2.27. The van der Waals surface area contributed by atoms with Crippen molar-refractivity contribution in [3.63, 3.8) is 0 Å². The topological polar surface area (TPSA) is 51.4 Å². The zero-order valence-corrected chi connectivity index (χ0v) is 10.4. The molecular weight excluding hydrogens is 214 g/mol. The van der Waals surface area contributed by atoms with Gasteiger partial charge in [0, 0.05) is 25.2 Å². The zero-order chi connectivity index (χ0) is 12.1.